The van der Waals surface area contributed by atoms with Crippen molar-refractivity contribution in [2.45, 2.75) is 40.0 Å². The van der Waals surface area contributed by atoms with Gasteiger partial charge in [0.25, 0.3) is 0 Å². The third-order valence-corrected chi connectivity index (χ3v) is 2.51. The van der Waals surface area contributed by atoms with Crippen molar-refractivity contribution in [1.82, 2.24) is 0 Å². The van der Waals surface area contributed by atoms with Crippen LogP contribution in [0.4, 0.5) is 0 Å². The lowest BCUT2D eigenvalue weighted by molar-refractivity contribution is -0.134. The molecule has 0 saturated carbocycles. The lowest BCUT2D eigenvalue weighted by Gasteiger charge is -2.08. The number of hydrogen-bond donors (Lipinski definition) is 0. The summed E-state index contributed by atoms with van der Waals surface area (Å²) >= 11 is 0. The van der Waals surface area contributed by atoms with Crippen molar-refractivity contribution in [3.63, 3.8) is 0 Å². The first kappa shape index (κ1) is 11.8. The van der Waals surface area contributed by atoms with E-state index in [0.717, 1.165) is 24.0 Å². The van der Waals surface area contributed by atoms with E-state index < -0.39 is 0 Å². The summed E-state index contributed by atoms with van der Waals surface area (Å²) in [7, 11) is 0. The Hall–Kier alpha value is -1.31. The summed E-state index contributed by atoms with van der Waals surface area (Å²) in [5, 5.41) is 0. The molecule has 1 aromatic rings. The summed E-state index contributed by atoms with van der Waals surface area (Å²) in [6, 6.07) is 5.76. The van der Waals surface area contributed by atoms with E-state index in [2.05, 4.69) is 6.92 Å². The highest BCUT2D eigenvalue weighted by Crippen LogP contribution is 2.21. The Morgan fingerprint density at radius 3 is 2.73 bits per heavy atom. The number of ether oxygens (including phenoxy) is 1. The van der Waals surface area contributed by atoms with Crippen LogP contribution in [0.2, 0.25) is 0 Å². The molecule has 0 heterocycles. The van der Waals surface area contributed by atoms with E-state index in [1.807, 2.05) is 32.0 Å². The van der Waals surface area contributed by atoms with Gasteiger partial charge in [-0.15, -0.1) is 0 Å². The van der Waals surface area contributed by atoms with Crippen LogP contribution in [0, 0.1) is 13.8 Å². The van der Waals surface area contributed by atoms with Crippen molar-refractivity contribution >= 4 is 5.97 Å². The number of benzene rings is 1. The van der Waals surface area contributed by atoms with Gasteiger partial charge >= 0.3 is 5.97 Å². The zero-order valence-corrected chi connectivity index (χ0v) is 9.67. The maximum absolute atomic E-state index is 11.4. The van der Waals surface area contributed by atoms with E-state index in [-0.39, 0.29) is 5.97 Å². The first-order valence-corrected chi connectivity index (χ1v) is 5.42. The molecule has 1 aromatic carbocycles. The Balaban J connectivity index is 2.64. The number of rotatable bonds is 4. The number of carbonyl (C=O) groups is 1. The standard InChI is InChI=1S/C13H18O2/c1-4-5-9-13(14)15-12-8-6-7-10(2)11(12)3/h6-8H,4-5,9H2,1-3H3. The van der Waals surface area contributed by atoms with Crippen LogP contribution >= 0.6 is 0 Å². The summed E-state index contributed by atoms with van der Waals surface area (Å²) in [6.45, 7) is 6.04. The molecule has 0 aliphatic carbocycles. The van der Waals surface area contributed by atoms with E-state index in [9.17, 15) is 4.79 Å². The van der Waals surface area contributed by atoms with Gasteiger partial charge in [0, 0.05) is 6.42 Å². The lowest BCUT2D eigenvalue weighted by atomic mass is 10.1. The molecule has 15 heavy (non-hydrogen) atoms. The molecule has 0 bridgehead atoms. The van der Waals surface area contributed by atoms with Crippen molar-refractivity contribution in [2.75, 3.05) is 0 Å². The SMILES string of the molecule is CCCCC(=O)Oc1cccc(C)c1C. The number of esters is 1. The third kappa shape index (κ3) is 3.39. The summed E-state index contributed by atoms with van der Waals surface area (Å²) in [6.07, 6.45) is 2.41. The fraction of sp³-hybridized carbons (Fsp3) is 0.462. The molecule has 82 valence electrons. The highest BCUT2D eigenvalue weighted by molar-refractivity contribution is 5.72. The first-order valence-electron chi connectivity index (χ1n) is 5.42. The van der Waals surface area contributed by atoms with Crippen LogP contribution < -0.4 is 4.74 Å². The van der Waals surface area contributed by atoms with Crippen molar-refractivity contribution in [3.05, 3.63) is 29.3 Å². The fourth-order valence-corrected chi connectivity index (χ4v) is 1.33. The molecule has 2 nitrogen and oxygen atoms in total. The van der Waals surface area contributed by atoms with Crippen LogP contribution in [0.25, 0.3) is 0 Å². The van der Waals surface area contributed by atoms with Crippen LogP contribution in [0.5, 0.6) is 5.75 Å². The Morgan fingerprint density at radius 2 is 2.07 bits per heavy atom. The van der Waals surface area contributed by atoms with E-state index in [0.29, 0.717) is 12.2 Å². The third-order valence-electron chi connectivity index (χ3n) is 2.51. The molecule has 0 spiro atoms. The van der Waals surface area contributed by atoms with Crippen LogP contribution in [-0.2, 0) is 4.79 Å². The lowest BCUT2D eigenvalue weighted by Crippen LogP contribution is -2.08. The smallest absolute Gasteiger partial charge is 0.311 e. The highest BCUT2D eigenvalue weighted by Gasteiger charge is 2.07. The van der Waals surface area contributed by atoms with E-state index in [1.165, 1.54) is 0 Å². The van der Waals surface area contributed by atoms with Crippen molar-refractivity contribution in [1.29, 1.82) is 0 Å². The minimum Gasteiger partial charge on any atom is -0.426 e. The van der Waals surface area contributed by atoms with E-state index >= 15 is 0 Å². The Kier molecular flexibility index (Phi) is 4.35. The molecular weight excluding hydrogens is 188 g/mol. The van der Waals surface area contributed by atoms with Gasteiger partial charge in [0.1, 0.15) is 5.75 Å². The molecule has 0 radical (unpaired) electrons. The first-order chi connectivity index (χ1) is 7.15. The van der Waals surface area contributed by atoms with Crippen molar-refractivity contribution < 1.29 is 9.53 Å². The molecule has 0 atom stereocenters. The number of carbonyl (C=O) groups excluding carboxylic acids is 1. The summed E-state index contributed by atoms with van der Waals surface area (Å²) < 4.78 is 5.29. The minimum absolute atomic E-state index is 0.134. The van der Waals surface area contributed by atoms with Gasteiger partial charge in [-0.05, 0) is 37.5 Å². The Bertz CT molecular complexity index is 342. The molecule has 0 N–H and O–H groups in total. The predicted octanol–water partition coefficient (Wildman–Crippen LogP) is 3.40. The largest absolute Gasteiger partial charge is 0.426 e. The monoisotopic (exact) mass is 206 g/mol. The van der Waals surface area contributed by atoms with Gasteiger partial charge in [-0.3, -0.25) is 4.79 Å². The van der Waals surface area contributed by atoms with Crippen LogP contribution in [0.1, 0.15) is 37.3 Å². The molecule has 0 saturated heterocycles. The van der Waals surface area contributed by atoms with Gasteiger partial charge in [-0.1, -0.05) is 25.5 Å². The maximum atomic E-state index is 11.4. The topological polar surface area (TPSA) is 26.3 Å². The van der Waals surface area contributed by atoms with Gasteiger partial charge in [0.2, 0.25) is 0 Å². The average Bonchev–Trinajstić information content (AvgIpc) is 2.22. The second-order valence-electron chi connectivity index (χ2n) is 3.78. The predicted molar refractivity (Wildman–Crippen MR) is 61.1 cm³/mol. The van der Waals surface area contributed by atoms with Gasteiger partial charge < -0.3 is 4.74 Å². The molecule has 0 aromatic heterocycles. The van der Waals surface area contributed by atoms with E-state index in [4.69, 9.17) is 4.74 Å². The molecule has 0 aliphatic rings. The zero-order valence-electron chi connectivity index (χ0n) is 9.67. The average molecular weight is 206 g/mol. The van der Waals surface area contributed by atoms with Crippen LogP contribution in [0.15, 0.2) is 18.2 Å². The van der Waals surface area contributed by atoms with Crippen molar-refractivity contribution in [3.8, 4) is 5.75 Å². The second-order valence-corrected chi connectivity index (χ2v) is 3.78. The molecular formula is C13H18O2. The zero-order chi connectivity index (χ0) is 11.3. The minimum atomic E-state index is -0.134. The molecule has 0 fully saturated rings. The summed E-state index contributed by atoms with van der Waals surface area (Å²) in [5.74, 6) is 0.557. The maximum Gasteiger partial charge on any atom is 0.311 e. The molecule has 1 rings (SSSR count). The Labute approximate surface area is 91.3 Å². The van der Waals surface area contributed by atoms with Gasteiger partial charge in [0.05, 0.1) is 0 Å². The number of aryl methyl sites for hydroxylation is 1. The molecule has 0 unspecified atom stereocenters. The Morgan fingerprint density at radius 1 is 1.33 bits per heavy atom. The molecule has 0 aliphatic heterocycles. The van der Waals surface area contributed by atoms with Crippen molar-refractivity contribution in [2.24, 2.45) is 0 Å². The van der Waals surface area contributed by atoms with Gasteiger partial charge in [0.15, 0.2) is 0 Å². The van der Waals surface area contributed by atoms with Gasteiger partial charge in [-0.2, -0.15) is 0 Å². The van der Waals surface area contributed by atoms with E-state index in [1.54, 1.807) is 0 Å². The van der Waals surface area contributed by atoms with Crippen LogP contribution in [-0.4, -0.2) is 5.97 Å². The molecule has 0 amide bonds. The van der Waals surface area contributed by atoms with Crippen LogP contribution in [0.3, 0.4) is 0 Å². The highest BCUT2D eigenvalue weighted by atomic mass is 16.5. The quantitative estimate of drug-likeness (QED) is 0.557. The number of unbranched alkanes of at least 4 members (excludes halogenated alkanes) is 1. The summed E-state index contributed by atoms with van der Waals surface area (Å²) in [4.78, 5) is 11.4. The fourth-order valence-electron chi connectivity index (χ4n) is 1.33. The molecule has 2 heteroatoms. The normalized spacial score (nSPS) is 10.1. The second kappa shape index (κ2) is 5.54. The van der Waals surface area contributed by atoms with Gasteiger partial charge in [-0.25, -0.2) is 0 Å². The number of hydrogen-bond acceptors (Lipinski definition) is 2. The summed E-state index contributed by atoms with van der Waals surface area (Å²) in [5.41, 5.74) is 2.19.